The fourth-order valence-electron chi connectivity index (χ4n) is 4.43. The molecule has 1 aliphatic heterocycles. The fourth-order valence-corrected chi connectivity index (χ4v) is 4.43. The van der Waals surface area contributed by atoms with Crippen molar-refractivity contribution in [3.05, 3.63) is 65.7 Å². The summed E-state index contributed by atoms with van der Waals surface area (Å²) in [5.41, 5.74) is 8.21. The molecule has 8 heteroatoms. The van der Waals surface area contributed by atoms with Crippen LogP contribution in [0.4, 0.5) is 5.69 Å². The van der Waals surface area contributed by atoms with Crippen LogP contribution < -0.4 is 21.4 Å². The Labute approximate surface area is 186 Å². The van der Waals surface area contributed by atoms with Gasteiger partial charge in [-0.2, -0.15) is 0 Å². The second-order valence-electron chi connectivity index (χ2n) is 8.49. The van der Waals surface area contributed by atoms with Gasteiger partial charge >= 0.3 is 0 Å². The highest BCUT2D eigenvalue weighted by molar-refractivity contribution is 6.00. The van der Waals surface area contributed by atoms with Gasteiger partial charge in [-0.15, -0.1) is 5.53 Å². The quantitative estimate of drug-likeness (QED) is 0.603. The summed E-state index contributed by atoms with van der Waals surface area (Å²) in [5.74, 6) is -1.55. The molecule has 4 rings (SSSR count). The first kappa shape index (κ1) is 21.8. The second-order valence-corrected chi connectivity index (χ2v) is 8.49. The largest absolute Gasteiger partial charge is 0.548 e. The number of nitrogens with zero attached hydrogens (tertiary/aromatic N) is 1. The Morgan fingerprint density at radius 1 is 1.03 bits per heavy atom. The van der Waals surface area contributed by atoms with E-state index in [-0.39, 0.29) is 30.1 Å². The number of hydrogen-bond donors (Lipinski definition) is 3. The first-order valence-corrected chi connectivity index (χ1v) is 11.0. The van der Waals surface area contributed by atoms with Crippen LogP contribution in [0.2, 0.25) is 0 Å². The van der Waals surface area contributed by atoms with Gasteiger partial charge in [0.25, 0.3) is 5.91 Å². The van der Waals surface area contributed by atoms with Crippen molar-refractivity contribution in [3.63, 3.8) is 0 Å². The molecule has 0 bridgehead atoms. The van der Waals surface area contributed by atoms with E-state index in [1.165, 1.54) is 0 Å². The highest BCUT2D eigenvalue weighted by atomic mass is 16.4. The molecule has 2 aromatic carbocycles. The molecule has 0 radical (unpaired) electrons. The molecule has 32 heavy (non-hydrogen) atoms. The van der Waals surface area contributed by atoms with E-state index in [1.807, 2.05) is 48.5 Å². The average molecular weight is 436 g/mol. The van der Waals surface area contributed by atoms with Gasteiger partial charge in [-0.05, 0) is 55.7 Å². The molecule has 1 aliphatic carbocycles. The van der Waals surface area contributed by atoms with Crippen LogP contribution in [0.25, 0.3) is 0 Å². The number of hydrogen-bond acceptors (Lipinski definition) is 6. The number of carboxylic acids is 1. The molecule has 2 aliphatic rings. The SMILES string of the molecule is O=C(NC(Cc1ccccc1)C(=O)[O-])C1CCC(CN2NNc3ccccc3C2=O)CC1. The van der Waals surface area contributed by atoms with Gasteiger partial charge < -0.3 is 20.6 Å². The third kappa shape index (κ3) is 5.08. The Morgan fingerprint density at radius 3 is 2.44 bits per heavy atom. The first-order valence-electron chi connectivity index (χ1n) is 11.0. The van der Waals surface area contributed by atoms with E-state index in [0.717, 1.165) is 24.1 Å². The lowest BCUT2D eigenvalue weighted by Gasteiger charge is -2.35. The monoisotopic (exact) mass is 435 g/mol. The number of carbonyl (C=O) groups excluding carboxylic acids is 3. The average Bonchev–Trinajstić information content (AvgIpc) is 2.81. The summed E-state index contributed by atoms with van der Waals surface area (Å²) in [6.45, 7) is 0.546. The van der Waals surface area contributed by atoms with Crippen LogP contribution >= 0.6 is 0 Å². The Bertz CT molecular complexity index is 973. The summed E-state index contributed by atoms with van der Waals surface area (Å²) in [6, 6.07) is 15.5. The maximum absolute atomic E-state index is 12.7. The van der Waals surface area contributed by atoms with E-state index in [1.54, 1.807) is 11.1 Å². The summed E-state index contributed by atoms with van der Waals surface area (Å²) in [7, 11) is 0. The third-order valence-corrected chi connectivity index (χ3v) is 6.27. The maximum Gasteiger partial charge on any atom is 0.271 e. The molecule has 2 aromatic rings. The Kier molecular flexibility index (Phi) is 6.70. The number of carbonyl (C=O) groups is 3. The molecule has 1 fully saturated rings. The molecule has 2 amide bonds. The third-order valence-electron chi connectivity index (χ3n) is 6.27. The van der Waals surface area contributed by atoms with Crippen LogP contribution in [0.1, 0.15) is 41.6 Å². The number of anilines is 1. The molecule has 0 spiro atoms. The van der Waals surface area contributed by atoms with E-state index >= 15 is 0 Å². The zero-order chi connectivity index (χ0) is 22.5. The Morgan fingerprint density at radius 2 is 1.72 bits per heavy atom. The number of hydrazine groups is 2. The molecule has 3 N–H and O–H groups in total. The topological polar surface area (TPSA) is 114 Å². The van der Waals surface area contributed by atoms with Gasteiger partial charge in [-0.1, -0.05) is 42.5 Å². The van der Waals surface area contributed by atoms with Gasteiger partial charge in [0, 0.05) is 12.5 Å². The van der Waals surface area contributed by atoms with Crippen LogP contribution in [-0.2, 0) is 16.0 Å². The van der Waals surface area contributed by atoms with Crippen LogP contribution in [-0.4, -0.2) is 35.4 Å². The van der Waals surface area contributed by atoms with Gasteiger partial charge in [-0.3, -0.25) is 14.6 Å². The number of carboxylic acid groups (broad SMARTS) is 1. The van der Waals surface area contributed by atoms with Crippen molar-refractivity contribution in [2.75, 3.05) is 12.0 Å². The van der Waals surface area contributed by atoms with Gasteiger partial charge in [-0.25, -0.2) is 0 Å². The van der Waals surface area contributed by atoms with Crippen LogP contribution in [0.15, 0.2) is 54.6 Å². The first-order chi connectivity index (χ1) is 15.5. The van der Waals surface area contributed by atoms with Gasteiger partial charge in [0.05, 0.1) is 23.3 Å². The normalized spacial score (nSPS) is 21.2. The zero-order valence-electron chi connectivity index (χ0n) is 17.8. The minimum absolute atomic E-state index is 0.0723. The van der Waals surface area contributed by atoms with Crippen molar-refractivity contribution in [1.82, 2.24) is 15.9 Å². The van der Waals surface area contributed by atoms with E-state index in [2.05, 4.69) is 16.3 Å². The number of amides is 2. The summed E-state index contributed by atoms with van der Waals surface area (Å²) in [5, 5.41) is 15.8. The second kappa shape index (κ2) is 9.82. The molecule has 1 unspecified atom stereocenters. The molecule has 1 atom stereocenters. The van der Waals surface area contributed by atoms with Crippen LogP contribution in [0, 0.1) is 11.8 Å². The Hall–Kier alpha value is -3.39. The number of aliphatic carboxylic acids is 1. The van der Waals surface area contributed by atoms with Crippen LogP contribution in [0.5, 0.6) is 0 Å². The predicted molar refractivity (Wildman–Crippen MR) is 117 cm³/mol. The number of rotatable bonds is 7. The lowest BCUT2D eigenvalue weighted by atomic mass is 9.81. The number of para-hydroxylation sites is 1. The minimum atomic E-state index is -1.28. The summed E-state index contributed by atoms with van der Waals surface area (Å²) in [4.78, 5) is 36.9. The van der Waals surface area contributed by atoms with Crippen molar-refractivity contribution < 1.29 is 19.5 Å². The van der Waals surface area contributed by atoms with Gasteiger partial charge in [0.15, 0.2) is 0 Å². The minimum Gasteiger partial charge on any atom is -0.548 e. The van der Waals surface area contributed by atoms with E-state index < -0.39 is 12.0 Å². The van der Waals surface area contributed by atoms with Crippen LogP contribution in [0.3, 0.4) is 0 Å². The molecular formula is C24H27N4O4-. The summed E-state index contributed by atoms with van der Waals surface area (Å²) < 4.78 is 0. The molecule has 1 heterocycles. The maximum atomic E-state index is 12.7. The summed E-state index contributed by atoms with van der Waals surface area (Å²) in [6.07, 6.45) is 3.10. The molecular weight excluding hydrogens is 408 g/mol. The number of fused-ring (bicyclic) bond motifs is 1. The van der Waals surface area contributed by atoms with Gasteiger partial charge in [0.2, 0.25) is 5.91 Å². The fraction of sp³-hybridized carbons (Fsp3) is 0.375. The molecule has 168 valence electrons. The highest BCUT2D eigenvalue weighted by Gasteiger charge is 2.31. The zero-order valence-corrected chi connectivity index (χ0v) is 17.8. The molecule has 0 aromatic heterocycles. The molecule has 1 saturated carbocycles. The van der Waals surface area contributed by atoms with Crippen molar-refractivity contribution in [2.45, 2.75) is 38.1 Å². The van der Waals surface area contributed by atoms with Crippen molar-refractivity contribution in [3.8, 4) is 0 Å². The lowest BCUT2D eigenvalue weighted by molar-refractivity contribution is -0.308. The van der Waals surface area contributed by atoms with E-state index in [4.69, 9.17) is 0 Å². The smallest absolute Gasteiger partial charge is 0.271 e. The highest BCUT2D eigenvalue weighted by Crippen LogP contribution is 2.30. The number of nitrogens with one attached hydrogen (secondary N) is 3. The van der Waals surface area contributed by atoms with Gasteiger partial charge in [0.1, 0.15) is 0 Å². The Balaban J connectivity index is 1.27. The molecule has 0 saturated heterocycles. The van der Waals surface area contributed by atoms with Crippen molar-refractivity contribution in [2.24, 2.45) is 11.8 Å². The lowest BCUT2D eigenvalue weighted by Crippen LogP contribution is -2.52. The van der Waals surface area contributed by atoms with E-state index in [0.29, 0.717) is 24.9 Å². The summed E-state index contributed by atoms with van der Waals surface area (Å²) >= 11 is 0. The number of benzene rings is 2. The van der Waals surface area contributed by atoms with Crippen molar-refractivity contribution in [1.29, 1.82) is 0 Å². The van der Waals surface area contributed by atoms with Crippen molar-refractivity contribution >= 4 is 23.5 Å². The predicted octanol–water partition coefficient (Wildman–Crippen LogP) is 1.26. The van der Waals surface area contributed by atoms with E-state index in [9.17, 15) is 19.5 Å². The molecule has 8 nitrogen and oxygen atoms in total. The standard InChI is InChI=1S/C24H28N4O4/c29-22(25-21(24(31)32)14-16-6-2-1-3-7-16)18-12-10-17(11-13-18)15-28-23(30)19-8-4-5-9-20(19)26-27-28/h1-9,17-18,21,26-27H,10-15H2,(H,25,29)(H,31,32)/p-1.